The topological polar surface area (TPSA) is 34.2 Å². The molecule has 112 valence electrons. The third kappa shape index (κ3) is 4.19. The largest absolute Gasteiger partial charge is 0.497 e. The highest BCUT2D eigenvalue weighted by molar-refractivity contribution is 9.10. The van der Waals surface area contributed by atoms with Crippen molar-refractivity contribution in [3.05, 3.63) is 57.3 Å². The minimum Gasteiger partial charge on any atom is -0.497 e. The summed E-state index contributed by atoms with van der Waals surface area (Å²) in [6.07, 6.45) is 4.24. The number of nitrogens with zero attached hydrogens (tertiary/aromatic N) is 1. The smallest absolute Gasteiger partial charge is 0.119 e. The van der Waals surface area contributed by atoms with Crippen LogP contribution in [0.15, 0.2) is 41.1 Å². The van der Waals surface area contributed by atoms with Crippen LogP contribution in [0.1, 0.15) is 24.1 Å². The summed E-state index contributed by atoms with van der Waals surface area (Å²) in [5.41, 5.74) is 2.23. The van der Waals surface area contributed by atoms with Gasteiger partial charge >= 0.3 is 0 Å². The summed E-state index contributed by atoms with van der Waals surface area (Å²) in [4.78, 5) is 4.03. The van der Waals surface area contributed by atoms with E-state index in [1.165, 1.54) is 0 Å². The quantitative estimate of drug-likeness (QED) is 0.819. The van der Waals surface area contributed by atoms with Crippen molar-refractivity contribution in [2.24, 2.45) is 0 Å². The summed E-state index contributed by atoms with van der Waals surface area (Å²) in [5.74, 6) is 0.844. The van der Waals surface area contributed by atoms with Crippen molar-refractivity contribution in [2.75, 3.05) is 13.7 Å². The molecule has 0 radical (unpaired) electrons. The van der Waals surface area contributed by atoms with Crippen LogP contribution in [0.5, 0.6) is 5.75 Å². The van der Waals surface area contributed by atoms with Crippen LogP contribution in [0.25, 0.3) is 0 Å². The lowest BCUT2D eigenvalue weighted by Gasteiger charge is -2.21. The van der Waals surface area contributed by atoms with Gasteiger partial charge in [-0.05, 0) is 48.4 Å². The lowest BCUT2D eigenvalue weighted by Crippen LogP contribution is -2.23. The molecule has 1 unspecified atom stereocenters. The number of methoxy groups -OCH3 is 1. The van der Waals surface area contributed by atoms with E-state index >= 15 is 0 Å². The van der Waals surface area contributed by atoms with E-state index in [9.17, 15) is 0 Å². The van der Waals surface area contributed by atoms with Gasteiger partial charge in [0.05, 0.1) is 12.1 Å². The molecule has 2 aromatic rings. The van der Waals surface area contributed by atoms with Crippen molar-refractivity contribution in [2.45, 2.75) is 19.4 Å². The minimum atomic E-state index is 0.152. The normalized spacial score (nSPS) is 12.2. The predicted octanol–water partition coefficient (Wildman–Crippen LogP) is 4.40. The van der Waals surface area contributed by atoms with Crippen molar-refractivity contribution in [1.29, 1.82) is 0 Å². The van der Waals surface area contributed by atoms with Gasteiger partial charge in [0.15, 0.2) is 0 Å². The molecule has 2 rings (SSSR count). The number of benzene rings is 1. The Hall–Kier alpha value is -1.10. The van der Waals surface area contributed by atoms with E-state index in [4.69, 9.17) is 16.3 Å². The highest BCUT2D eigenvalue weighted by Gasteiger charge is 2.16. The third-order valence-corrected chi connectivity index (χ3v) is 4.37. The molecule has 1 heterocycles. The molecule has 0 saturated carbocycles. The van der Waals surface area contributed by atoms with Crippen molar-refractivity contribution < 1.29 is 4.74 Å². The first-order valence-corrected chi connectivity index (χ1v) is 7.98. The maximum Gasteiger partial charge on any atom is 0.119 e. The predicted molar refractivity (Wildman–Crippen MR) is 90.1 cm³/mol. The Bertz CT molecular complexity index is 607. The summed E-state index contributed by atoms with van der Waals surface area (Å²) in [7, 11) is 1.68. The van der Waals surface area contributed by atoms with Crippen LogP contribution in [0, 0.1) is 0 Å². The van der Waals surface area contributed by atoms with Crippen molar-refractivity contribution >= 4 is 27.5 Å². The monoisotopic (exact) mass is 368 g/mol. The van der Waals surface area contributed by atoms with Crippen LogP contribution in [0.4, 0.5) is 0 Å². The first-order valence-electron chi connectivity index (χ1n) is 6.81. The number of nitrogens with one attached hydrogen (secondary N) is 1. The van der Waals surface area contributed by atoms with Crippen molar-refractivity contribution in [3.8, 4) is 5.75 Å². The summed E-state index contributed by atoms with van der Waals surface area (Å²) < 4.78 is 6.38. The minimum absolute atomic E-state index is 0.152. The van der Waals surface area contributed by atoms with Gasteiger partial charge in [-0.25, -0.2) is 0 Å². The van der Waals surface area contributed by atoms with Crippen LogP contribution in [0.3, 0.4) is 0 Å². The van der Waals surface area contributed by atoms with E-state index in [0.717, 1.165) is 34.3 Å². The number of hydrogen-bond donors (Lipinski definition) is 1. The number of likely N-dealkylation sites (N-methyl/N-ethyl adjacent to an activating group) is 1. The van der Waals surface area contributed by atoms with Crippen LogP contribution < -0.4 is 10.1 Å². The first-order chi connectivity index (χ1) is 10.2. The lowest BCUT2D eigenvalue weighted by atomic mass is 9.99. The summed E-state index contributed by atoms with van der Waals surface area (Å²) in [6.45, 7) is 2.96. The van der Waals surface area contributed by atoms with E-state index < -0.39 is 0 Å². The van der Waals surface area contributed by atoms with Gasteiger partial charge in [0, 0.05) is 22.9 Å². The summed E-state index contributed by atoms with van der Waals surface area (Å²) in [5, 5.41) is 4.20. The van der Waals surface area contributed by atoms with Crippen molar-refractivity contribution in [1.82, 2.24) is 10.3 Å². The average molecular weight is 370 g/mol. The number of pyridine rings is 1. The zero-order chi connectivity index (χ0) is 15.2. The molecule has 1 N–H and O–H groups in total. The van der Waals surface area contributed by atoms with Crippen LogP contribution >= 0.6 is 27.5 Å². The van der Waals surface area contributed by atoms with E-state index in [0.29, 0.717) is 5.02 Å². The molecule has 0 saturated heterocycles. The van der Waals surface area contributed by atoms with Gasteiger partial charge in [-0.3, -0.25) is 4.98 Å². The highest BCUT2D eigenvalue weighted by Crippen LogP contribution is 2.31. The number of aromatic nitrogens is 1. The summed E-state index contributed by atoms with van der Waals surface area (Å²) in [6, 6.07) is 8.11. The molecule has 0 fully saturated rings. The number of rotatable bonds is 6. The molecule has 0 amide bonds. The van der Waals surface area contributed by atoms with E-state index in [1.54, 1.807) is 19.5 Å². The lowest BCUT2D eigenvalue weighted by molar-refractivity contribution is 0.412. The Morgan fingerprint density at radius 1 is 1.38 bits per heavy atom. The Kier molecular flexibility index (Phi) is 6.03. The van der Waals surface area contributed by atoms with Gasteiger partial charge in [0.25, 0.3) is 0 Å². The summed E-state index contributed by atoms with van der Waals surface area (Å²) >= 11 is 9.85. The molecule has 1 aromatic carbocycles. The molecule has 21 heavy (non-hydrogen) atoms. The standard InChI is InChI=1S/C16H18BrClN2O/c1-3-20-16(8-11-6-7-19-10-15(11)18)13-9-12(21-2)4-5-14(13)17/h4-7,9-10,16,20H,3,8H2,1-2H3. The van der Waals surface area contributed by atoms with Gasteiger partial charge in [-0.15, -0.1) is 0 Å². The zero-order valence-corrected chi connectivity index (χ0v) is 14.4. The van der Waals surface area contributed by atoms with Gasteiger partial charge < -0.3 is 10.1 Å². The third-order valence-electron chi connectivity index (χ3n) is 3.31. The van der Waals surface area contributed by atoms with Crippen molar-refractivity contribution in [3.63, 3.8) is 0 Å². The number of ether oxygens (including phenoxy) is 1. The van der Waals surface area contributed by atoms with Crippen LogP contribution in [-0.4, -0.2) is 18.6 Å². The molecule has 0 aliphatic carbocycles. The fraction of sp³-hybridized carbons (Fsp3) is 0.312. The Morgan fingerprint density at radius 3 is 2.86 bits per heavy atom. The number of halogens is 2. The van der Waals surface area contributed by atoms with Gasteiger partial charge in [0.2, 0.25) is 0 Å². The average Bonchev–Trinajstić information content (AvgIpc) is 2.49. The molecule has 1 aromatic heterocycles. The number of hydrogen-bond acceptors (Lipinski definition) is 3. The molecule has 0 bridgehead atoms. The zero-order valence-electron chi connectivity index (χ0n) is 12.1. The molecule has 3 nitrogen and oxygen atoms in total. The molecule has 0 spiro atoms. The molecule has 0 aliphatic rings. The second-order valence-corrected chi connectivity index (χ2v) is 5.93. The second-order valence-electron chi connectivity index (χ2n) is 4.67. The fourth-order valence-electron chi connectivity index (χ4n) is 2.24. The Labute approximate surface area is 138 Å². The Morgan fingerprint density at radius 2 is 2.19 bits per heavy atom. The SMILES string of the molecule is CCNC(Cc1ccncc1Cl)c1cc(OC)ccc1Br. The van der Waals surface area contributed by atoms with Gasteiger partial charge in [0.1, 0.15) is 5.75 Å². The molecular formula is C16H18BrClN2O. The van der Waals surface area contributed by atoms with Gasteiger partial charge in [-0.2, -0.15) is 0 Å². The molecular weight excluding hydrogens is 352 g/mol. The first kappa shape index (κ1) is 16.3. The highest BCUT2D eigenvalue weighted by atomic mass is 79.9. The molecule has 5 heteroatoms. The maximum absolute atomic E-state index is 6.23. The van der Waals surface area contributed by atoms with E-state index in [-0.39, 0.29) is 6.04 Å². The van der Waals surface area contributed by atoms with Gasteiger partial charge in [-0.1, -0.05) is 34.5 Å². The van der Waals surface area contributed by atoms with E-state index in [2.05, 4.69) is 33.2 Å². The van der Waals surface area contributed by atoms with Crippen LogP contribution in [0.2, 0.25) is 5.02 Å². The fourth-order valence-corrected chi connectivity index (χ4v) is 2.96. The van der Waals surface area contributed by atoms with E-state index in [1.807, 2.05) is 24.3 Å². The second kappa shape index (κ2) is 7.78. The van der Waals surface area contributed by atoms with Crippen LogP contribution in [-0.2, 0) is 6.42 Å². The Balaban J connectivity index is 2.33. The molecule has 0 aliphatic heterocycles. The maximum atomic E-state index is 6.23. The molecule has 1 atom stereocenters.